The minimum atomic E-state index is -0.415. The molecule has 2 amide bonds. The van der Waals surface area contributed by atoms with Crippen molar-refractivity contribution < 1.29 is 4.79 Å². The smallest absolute Gasteiger partial charge is 0.275 e. The number of nitrogens with one attached hydrogen (secondary N) is 3. The first kappa shape index (κ1) is 10.2. The van der Waals surface area contributed by atoms with Crippen LogP contribution in [0.3, 0.4) is 0 Å². The van der Waals surface area contributed by atoms with Gasteiger partial charge in [0.15, 0.2) is 0 Å². The normalized spacial score (nSPS) is 9.27. The average Bonchev–Trinajstić information content (AvgIpc) is 2.04. The van der Waals surface area contributed by atoms with Gasteiger partial charge in [0, 0.05) is 6.54 Å². The highest BCUT2D eigenvalue weighted by Crippen LogP contribution is 1.89. The molecule has 0 spiro atoms. The summed E-state index contributed by atoms with van der Waals surface area (Å²) in [6.45, 7) is 2.90. The van der Waals surface area contributed by atoms with Gasteiger partial charge in [-0.25, -0.2) is 16.1 Å². The summed E-state index contributed by atoms with van der Waals surface area (Å²) < 4.78 is 0. The van der Waals surface area contributed by atoms with Crippen molar-refractivity contribution in [1.82, 2.24) is 16.3 Å². The molecule has 5 nitrogen and oxygen atoms in total. The zero-order chi connectivity index (χ0) is 8.53. The Bertz CT molecular complexity index is 107. The number of unbranched alkanes of at least 4 members (excludes halogenated alkanes) is 2. The van der Waals surface area contributed by atoms with E-state index in [-0.39, 0.29) is 0 Å². The fraction of sp³-hybridized carbons (Fsp3) is 0.833. The lowest BCUT2D eigenvalue weighted by molar-refractivity contribution is 0.236. The fourth-order valence-electron chi connectivity index (χ4n) is 0.642. The van der Waals surface area contributed by atoms with Crippen LogP contribution in [0, 0.1) is 0 Å². The van der Waals surface area contributed by atoms with Crippen LogP contribution >= 0.6 is 0 Å². The monoisotopic (exact) mass is 160 g/mol. The Morgan fingerprint density at radius 2 is 2.18 bits per heavy atom. The summed E-state index contributed by atoms with van der Waals surface area (Å²) >= 11 is 0. The summed E-state index contributed by atoms with van der Waals surface area (Å²) in [7, 11) is 0. The number of urea groups is 1. The van der Waals surface area contributed by atoms with E-state index < -0.39 is 6.03 Å². The fourth-order valence-corrected chi connectivity index (χ4v) is 0.642. The zero-order valence-corrected chi connectivity index (χ0v) is 6.81. The van der Waals surface area contributed by atoms with Crippen LogP contribution in [-0.4, -0.2) is 12.6 Å². The van der Waals surface area contributed by atoms with E-state index >= 15 is 0 Å². The molecule has 0 saturated heterocycles. The van der Waals surface area contributed by atoms with Crippen molar-refractivity contribution in [3.05, 3.63) is 0 Å². The lowest BCUT2D eigenvalue weighted by Crippen LogP contribution is -2.47. The van der Waals surface area contributed by atoms with Crippen molar-refractivity contribution in [2.45, 2.75) is 26.2 Å². The maximum Gasteiger partial charge on any atom is 0.343 e. The third-order valence-corrected chi connectivity index (χ3v) is 1.24. The van der Waals surface area contributed by atoms with E-state index in [4.69, 9.17) is 5.84 Å². The molecule has 0 radical (unpaired) electrons. The van der Waals surface area contributed by atoms with Crippen molar-refractivity contribution in [2.24, 2.45) is 5.84 Å². The van der Waals surface area contributed by atoms with Crippen LogP contribution in [0.2, 0.25) is 0 Å². The third kappa shape index (κ3) is 7.08. The molecule has 0 aliphatic carbocycles. The first-order valence-electron chi connectivity index (χ1n) is 3.80. The Kier molecular flexibility index (Phi) is 6.76. The highest BCUT2D eigenvalue weighted by molar-refractivity contribution is 5.72. The van der Waals surface area contributed by atoms with Crippen LogP contribution in [0.15, 0.2) is 0 Å². The van der Waals surface area contributed by atoms with Crippen molar-refractivity contribution in [1.29, 1.82) is 0 Å². The topological polar surface area (TPSA) is 79.2 Å². The lowest BCUT2D eigenvalue weighted by Gasteiger charge is -2.04. The molecule has 11 heavy (non-hydrogen) atoms. The Balaban J connectivity index is 2.95. The molecule has 0 aromatic carbocycles. The van der Waals surface area contributed by atoms with Gasteiger partial charge in [0.05, 0.1) is 0 Å². The van der Waals surface area contributed by atoms with Crippen LogP contribution in [0.5, 0.6) is 0 Å². The number of hydrazine groups is 2. The molecule has 0 aliphatic heterocycles. The minimum Gasteiger partial charge on any atom is -0.275 e. The number of carbonyl (C=O) groups is 1. The molecule has 0 fully saturated rings. The largest absolute Gasteiger partial charge is 0.343 e. The number of hydrogen-bond acceptors (Lipinski definition) is 3. The minimum absolute atomic E-state index is 0.415. The van der Waals surface area contributed by atoms with Crippen molar-refractivity contribution in [2.75, 3.05) is 6.54 Å². The summed E-state index contributed by atoms with van der Waals surface area (Å²) in [6.07, 6.45) is 3.39. The second kappa shape index (κ2) is 7.30. The van der Waals surface area contributed by atoms with Gasteiger partial charge in [-0.3, -0.25) is 10.9 Å². The molecule has 5 N–H and O–H groups in total. The molecule has 66 valence electrons. The van der Waals surface area contributed by atoms with Gasteiger partial charge < -0.3 is 0 Å². The Hall–Kier alpha value is -0.810. The van der Waals surface area contributed by atoms with Crippen LogP contribution in [0.25, 0.3) is 0 Å². The second-order valence-electron chi connectivity index (χ2n) is 2.23. The predicted molar refractivity (Wildman–Crippen MR) is 43.4 cm³/mol. The molecule has 0 atom stereocenters. The second-order valence-corrected chi connectivity index (χ2v) is 2.23. The predicted octanol–water partition coefficient (Wildman–Crippen LogP) is -0.146. The van der Waals surface area contributed by atoms with Gasteiger partial charge >= 0.3 is 6.03 Å². The van der Waals surface area contributed by atoms with Crippen LogP contribution in [0.1, 0.15) is 26.2 Å². The molecule has 0 aromatic rings. The van der Waals surface area contributed by atoms with Crippen molar-refractivity contribution >= 4 is 6.03 Å². The van der Waals surface area contributed by atoms with Crippen LogP contribution < -0.4 is 22.1 Å². The van der Waals surface area contributed by atoms with Gasteiger partial charge in [-0.2, -0.15) is 0 Å². The number of carbonyl (C=O) groups excluding carboxylic acids is 1. The zero-order valence-electron chi connectivity index (χ0n) is 6.81. The van der Waals surface area contributed by atoms with Gasteiger partial charge in [-0.15, -0.1) is 0 Å². The van der Waals surface area contributed by atoms with E-state index in [9.17, 15) is 4.79 Å². The van der Waals surface area contributed by atoms with E-state index in [1.165, 1.54) is 12.8 Å². The summed E-state index contributed by atoms with van der Waals surface area (Å²) in [5.74, 6) is 4.81. The van der Waals surface area contributed by atoms with Crippen molar-refractivity contribution in [3.8, 4) is 0 Å². The average molecular weight is 160 g/mol. The Morgan fingerprint density at radius 3 is 2.73 bits per heavy atom. The summed E-state index contributed by atoms with van der Waals surface area (Å²) in [4.78, 5) is 10.4. The maximum absolute atomic E-state index is 10.4. The summed E-state index contributed by atoms with van der Waals surface area (Å²) in [5, 5.41) is 0. The summed E-state index contributed by atoms with van der Waals surface area (Å²) in [6, 6.07) is -0.415. The van der Waals surface area contributed by atoms with Crippen LogP contribution in [0.4, 0.5) is 4.79 Å². The van der Waals surface area contributed by atoms with E-state index in [1.807, 2.05) is 5.43 Å². The molecule has 0 heterocycles. The highest BCUT2D eigenvalue weighted by atomic mass is 16.2. The van der Waals surface area contributed by atoms with Gasteiger partial charge in [0.1, 0.15) is 0 Å². The molecule has 0 rings (SSSR count). The number of rotatable bonds is 5. The standard InChI is InChI=1S/C6H16N4O/c1-2-3-4-5-8-10-6(11)9-7/h8H,2-5,7H2,1H3,(H2,9,10,11). The van der Waals surface area contributed by atoms with E-state index in [2.05, 4.69) is 17.8 Å². The maximum atomic E-state index is 10.4. The third-order valence-electron chi connectivity index (χ3n) is 1.24. The Morgan fingerprint density at radius 1 is 1.45 bits per heavy atom. The van der Waals surface area contributed by atoms with Crippen LogP contribution in [-0.2, 0) is 0 Å². The lowest BCUT2D eigenvalue weighted by atomic mass is 10.2. The molecular weight excluding hydrogens is 144 g/mol. The first-order chi connectivity index (χ1) is 5.31. The number of nitrogens with two attached hydrogens (primary N) is 1. The molecule has 5 heteroatoms. The van der Waals surface area contributed by atoms with Gasteiger partial charge in [-0.05, 0) is 6.42 Å². The molecule has 0 saturated carbocycles. The molecule has 0 aromatic heterocycles. The SMILES string of the molecule is CCCCCNNC(=O)NN. The van der Waals surface area contributed by atoms with E-state index in [0.717, 1.165) is 13.0 Å². The molecule has 0 bridgehead atoms. The molecule has 0 unspecified atom stereocenters. The van der Waals surface area contributed by atoms with Gasteiger partial charge in [0.2, 0.25) is 0 Å². The number of amides is 2. The van der Waals surface area contributed by atoms with Gasteiger partial charge in [-0.1, -0.05) is 19.8 Å². The quantitative estimate of drug-likeness (QED) is 0.195. The van der Waals surface area contributed by atoms with E-state index in [1.54, 1.807) is 0 Å². The van der Waals surface area contributed by atoms with Crippen molar-refractivity contribution in [3.63, 3.8) is 0 Å². The Labute approximate surface area is 66.7 Å². The summed E-state index contributed by atoms with van der Waals surface area (Å²) in [5.41, 5.74) is 7.04. The molecular formula is C6H16N4O. The highest BCUT2D eigenvalue weighted by Gasteiger charge is 1.91. The van der Waals surface area contributed by atoms with Gasteiger partial charge in [0.25, 0.3) is 0 Å². The van der Waals surface area contributed by atoms with E-state index in [0.29, 0.717) is 0 Å². The first-order valence-corrected chi connectivity index (χ1v) is 3.80. The number of hydrogen-bond donors (Lipinski definition) is 4. The molecule has 0 aliphatic rings.